The molecule has 162 valence electrons. The van der Waals surface area contributed by atoms with E-state index in [9.17, 15) is 9.59 Å². The van der Waals surface area contributed by atoms with Gasteiger partial charge in [0.05, 0.1) is 7.11 Å². The Bertz CT molecular complexity index is 1280. The van der Waals surface area contributed by atoms with E-state index in [2.05, 4.69) is 10.3 Å². The molecule has 0 aliphatic rings. The standard InChI is InChI=1S/C25H22N2O5/c1-16(25(29)27-15-17-9-11-26-12-10-17)31-20-7-8-21-22(14-24(28)32-23(21)13-20)18-3-5-19(30-2)6-4-18/h3-14,16H,15H2,1-2H3,(H,27,29)/t16-/m0/s1. The number of carbonyl (C=O) groups is 1. The van der Waals surface area contributed by atoms with Crippen molar-refractivity contribution in [1.82, 2.24) is 10.3 Å². The van der Waals surface area contributed by atoms with Gasteiger partial charge in [-0.3, -0.25) is 9.78 Å². The largest absolute Gasteiger partial charge is 0.497 e. The molecule has 0 bridgehead atoms. The number of hydrogen-bond acceptors (Lipinski definition) is 6. The third kappa shape index (κ3) is 4.78. The van der Waals surface area contributed by atoms with Gasteiger partial charge in [0.2, 0.25) is 0 Å². The predicted octanol–water partition coefficient (Wildman–Crippen LogP) is 3.95. The van der Waals surface area contributed by atoms with E-state index in [1.165, 1.54) is 6.07 Å². The zero-order valence-corrected chi connectivity index (χ0v) is 17.7. The molecule has 0 aliphatic carbocycles. The molecule has 0 fully saturated rings. The number of hydrogen-bond donors (Lipinski definition) is 1. The summed E-state index contributed by atoms with van der Waals surface area (Å²) in [6, 6.07) is 17.7. The van der Waals surface area contributed by atoms with Crippen LogP contribution in [0.2, 0.25) is 0 Å². The summed E-state index contributed by atoms with van der Waals surface area (Å²) < 4.78 is 16.4. The monoisotopic (exact) mass is 430 g/mol. The highest BCUT2D eigenvalue weighted by Gasteiger charge is 2.16. The fourth-order valence-electron chi connectivity index (χ4n) is 3.32. The third-order valence-electron chi connectivity index (χ3n) is 5.02. The molecule has 4 rings (SSSR count). The first-order valence-electron chi connectivity index (χ1n) is 10.1. The number of benzene rings is 2. The maximum Gasteiger partial charge on any atom is 0.336 e. The van der Waals surface area contributed by atoms with E-state index in [-0.39, 0.29) is 5.91 Å². The lowest BCUT2D eigenvalue weighted by Gasteiger charge is -2.15. The van der Waals surface area contributed by atoms with Crippen LogP contribution in [0.15, 0.2) is 82.3 Å². The maximum absolute atomic E-state index is 12.4. The molecule has 0 saturated heterocycles. The Morgan fingerprint density at radius 3 is 2.47 bits per heavy atom. The lowest BCUT2D eigenvalue weighted by atomic mass is 10.0. The van der Waals surface area contributed by atoms with E-state index in [0.29, 0.717) is 17.9 Å². The van der Waals surface area contributed by atoms with E-state index in [1.54, 1.807) is 38.6 Å². The topological polar surface area (TPSA) is 90.7 Å². The van der Waals surface area contributed by atoms with Crippen molar-refractivity contribution < 1.29 is 18.7 Å². The Balaban J connectivity index is 1.53. The van der Waals surface area contributed by atoms with Crippen LogP contribution < -0.4 is 20.4 Å². The molecule has 2 heterocycles. The number of aromatic nitrogens is 1. The number of carbonyl (C=O) groups excluding carboxylic acids is 1. The first-order chi connectivity index (χ1) is 15.5. The van der Waals surface area contributed by atoms with E-state index in [1.807, 2.05) is 42.5 Å². The van der Waals surface area contributed by atoms with Gasteiger partial charge in [0.1, 0.15) is 17.1 Å². The summed E-state index contributed by atoms with van der Waals surface area (Å²) in [7, 11) is 1.60. The second-order valence-electron chi connectivity index (χ2n) is 7.20. The molecule has 7 heteroatoms. The Hall–Kier alpha value is -4.13. The molecule has 32 heavy (non-hydrogen) atoms. The normalized spacial score (nSPS) is 11.7. The quantitative estimate of drug-likeness (QED) is 0.447. The molecule has 0 radical (unpaired) electrons. The SMILES string of the molecule is COc1ccc(-c2cc(=O)oc3cc(O[C@@H](C)C(=O)NCc4ccncc4)ccc23)cc1. The summed E-state index contributed by atoms with van der Waals surface area (Å²) in [4.78, 5) is 28.5. The van der Waals surface area contributed by atoms with Crippen LogP contribution in [-0.4, -0.2) is 24.1 Å². The van der Waals surface area contributed by atoms with Crippen molar-refractivity contribution in [2.24, 2.45) is 0 Å². The van der Waals surface area contributed by atoms with Gasteiger partial charge in [-0.2, -0.15) is 0 Å². The predicted molar refractivity (Wildman–Crippen MR) is 121 cm³/mol. The zero-order chi connectivity index (χ0) is 22.5. The molecule has 0 unspecified atom stereocenters. The van der Waals surface area contributed by atoms with Crippen LogP contribution in [0, 0.1) is 0 Å². The van der Waals surface area contributed by atoms with Crippen LogP contribution in [0.3, 0.4) is 0 Å². The lowest BCUT2D eigenvalue weighted by Crippen LogP contribution is -2.35. The average Bonchev–Trinajstić information content (AvgIpc) is 2.82. The van der Waals surface area contributed by atoms with Gasteiger partial charge >= 0.3 is 5.63 Å². The van der Waals surface area contributed by atoms with Gasteiger partial charge in [0.15, 0.2) is 6.10 Å². The van der Waals surface area contributed by atoms with Crippen LogP contribution in [0.25, 0.3) is 22.1 Å². The van der Waals surface area contributed by atoms with Crippen LogP contribution >= 0.6 is 0 Å². The minimum absolute atomic E-state index is 0.254. The summed E-state index contributed by atoms with van der Waals surface area (Å²) in [5, 5.41) is 3.59. The first kappa shape index (κ1) is 21.1. The van der Waals surface area contributed by atoms with Crippen molar-refractivity contribution in [2.75, 3.05) is 7.11 Å². The maximum atomic E-state index is 12.4. The van der Waals surface area contributed by atoms with Crippen LogP contribution in [0.1, 0.15) is 12.5 Å². The number of pyridine rings is 1. The second-order valence-corrected chi connectivity index (χ2v) is 7.20. The van der Waals surface area contributed by atoms with E-state index in [4.69, 9.17) is 13.9 Å². The summed E-state index contributed by atoms with van der Waals surface area (Å²) in [5.41, 5.74) is 2.46. The Kier molecular flexibility index (Phi) is 6.17. The van der Waals surface area contributed by atoms with Crippen LogP contribution in [-0.2, 0) is 11.3 Å². The van der Waals surface area contributed by atoms with Crippen molar-refractivity contribution >= 4 is 16.9 Å². The van der Waals surface area contributed by atoms with Crippen molar-refractivity contribution in [2.45, 2.75) is 19.6 Å². The Morgan fingerprint density at radius 1 is 1.03 bits per heavy atom. The summed E-state index contributed by atoms with van der Waals surface area (Å²) in [6.07, 6.45) is 2.61. The fraction of sp³-hybridized carbons (Fsp3) is 0.160. The lowest BCUT2D eigenvalue weighted by molar-refractivity contribution is -0.127. The zero-order valence-electron chi connectivity index (χ0n) is 17.7. The second kappa shape index (κ2) is 9.34. The van der Waals surface area contributed by atoms with Crippen molar-refractivity contribution in [1.29, 1.82) is 0 Å². The molecule has 0 spiro atoms. The number of fused-ring (bicyclic) bond motifs is 1. The van der Waals surface area contributed by atoms with Gasteiger partial charge in [-0.1, -0.05) is 12.1 Å². The molecule has 7 nitrogen and oxygen atoms in total. The molecule has 2 aromatic carbocycles. The molecular weight excluding hydrogens is 408 g/mol. The van der Waals surface area contributed by atoms with Gasteiger partial charge in [0, 0.05) is 36.5 Å². The van der Waals surface area contributed by atoms with E-state index >= 15 is 0 Å². The smallest absolute Gasteiger partial charge is 0.336 e. The van der Waals surface area contributed by atoms with Crippen LogP contribution in [0.4, 0.5) is 0 Å². The van der Waals surface area contributed by atoms with E-state index in [0.717, 1.165) is 27.8 Å². The van der Waals surface area contributed by atoms with Gasteiger partial charge < -0.3 is 19.2 Å². The number of nitrogens with zero attached hydrogens (tertiary/aromatic N) is 1. The minimum atomic E-state index is -0.731. The molecule has 2 aromatic heterocycles. The first-order valence-corrected chi connectivity index (χ1v) is 10.1. The summed E-state index contributed by atoms with van der Waals surface area (Å²) in [6.45, 7) is 2.04. The van der Waals surface area contributed by atoms with Crippen molar-refractivity contribution in [3.63, 3.8) is 0 Å². The number of amides is 1. The Morgan fingerprint density at radius 2 is 1.75 bits per heavy atom. The molecule has 1 amide bonds. The van der Waals surface area contributed by atoms with Gasteiger partial charge in [-0.25, -0.2) is 4.79 Å². The van der Waals surface area contributed by atoms with Crippen LogP contribution in [0.5, 0.6) is 11.5 Å². The highest BCUT2D eigenvalue weighted by atomic mass is 16.5. The molecular formula is C25H22N2O5. The van der Waals surface area contributed by atoms with Gasteiger partial charge in [-0.15, -0.1) is 0 Å². The summed E-state index contributed by atoms with van der Waals surface area (Å²) in [5.74, 6) is 0.905. The molecule has 1 atom stereocenters. The van der Waals surface area contributed by atoms with E-state index < -0.39 is 11.7 Å². The fourth-order valence-corrected chi connectivity index (χ4v) is 3.32. The van der Waals surface area contributed by atoms with Gasteiger partial charge in [0.25, 0.3) is 5.91 Å². The number of rotatable bonds is 7. The molecule has 4 aromatic rings. The molecule has 1 N–H and O–H groups in total. The molecule has 0 aliphatic heterocycles. The highest BCUT2D eigenvalue weighted by Crippen LogP contribution is 2.31. The van der Waals surface area contributed by atoms with Crippen molar-refractivity contribution in [3.8, 4) is 22.6 Å². The Labute approximate surface area is 184 Å². The highest BCUT2D eigenvalue weighted by molar-refractivity contribution is 5.94. The summed E-state index contributed by atoms with van der Waals surface area (Å²) >= 11 is 0. The van der Waals surface area contributed by atoms with Gasteiger partial charge in [-0.05, 0) is 60.0 Å². The third-order valence-corrected chi connectivity index (χ3v) is 5.02. The van der Waals surface area contributed by atoms with Crippen molar-refractivity contribution in [3.05, 3.63) is 89.0 Å². The number of methoxy groups -OCH3 is 1. The average molecular weight is 430 g/mol. The number of nitrogens with one attached hydrogen (secondary N) is 1. The minimum Gasteiger partial charge on any atom is -0.497 e. The molecule has 0 saturated carbocycles. The number of ether oxygens (including phenoxy) is 2.